The van der Waals surface area contributed by atoms with Gasteiger partial charge in [0.1, 0.15) is 11.3 Å². The normalized spacial score (nSPS) is 11.9. The van der Waals surface area contributed by atoms with Crippen LogP contribution in [0.3, 0.4) is 0 Å². The predicted octanol–water partition coefficient (Wildman–Crippen LogP) is 2.99. The predicted molar refractivity (Wildman–Crippen MR) is 67.9 cm³/mol. The number of benzene rings is 1. The molecule has 0 saturated carbocycles. The molecular weight excluding hydrogens is 218 g/mol. The molecule has 1 aromatic carbocycles. The van der Waals surface area contributed by atoms with Gasteiger partial charge >= 0.3 is 5.97 Å². The van der Waals surface area contributed by atoms with Gasteiger partial charge in [-0.3, -0.25) is 0 Å². The molecule has 0 bridgehead atoms. The van der Waals surface area contributed by atoms with Crippen LogP contribution in [0.4, 0.5) is 5.69 Å². The number of carbonyl (C=O) groups is 1. The number of ether oxygens (including phenoxy) is 1. The zero-order valence-corrected chi connectivity index (χ0v) is 10.5. The van der Waals surface area contributed by atoms with E-state index in [0.29, 0.717) is 11.8 Å². The molecule has 0 aromatic heterocycles. The van der Waals surface area contributed by atoms with Gasteiger partial charge < -0.3 is 15.2 Å². The fraction of sp³-hybridized carbons (Fsp3) is 0.462. The van der Waals surface area contributed by atoms with E-state index in [1.807, 2.05) is 0 Å². The fourth-order valence-electron chi connectivity index (χ4n) is 1.75. The molecule has 4 nitrogen and oxygen atoms in total. The van der Waals surface area contributed by atoms with Gasteiger partial charge in [0.15, 0.2) is 0 Å². The van der Waals surface area contributed by atoms with Crippen LogP contribution >= 0.6 is 0 Å². The highest BCUT2D eigenvalue weighted by Gasteiger charge is 2.11. The van der Waals surface area contributed by atoms with Gasteiger partial charge in [-0.05, 0) is 25.5 Å². The van der Waals surface area contributed by atoms with Crippen molar-refractivity contribution in [3.05, 3.63) is 23.8 Å². The summed E-state index contributed by atoms with van der Waals surface area (Å²) in [7, 11) is 1.47. The lowest BCUT2D eigenvalue weighted by Gasteiger charge is -2.15. The van der Waals surface area contributed by atoms with Gasteiger partial charge in [-0.25, -0.2) is 4.79 Å². The Morgan fingerprint density at radius 2 is 2.24 bits per heavy atom. The Morgan fingerprint density at radius 1 is 1.53 bits per heavy atom. The molecule has 17 heavy (non-hydrogen) atoms. The van der Waals surface area contributed by atoms with Crippen molar-refractivity contribution in [2.75, 3.05) is 12.4 Å². The SMILES string of the molecule is CCCC(C)Nc1ccc(C(=O)O)c(OC)c1. The van der Waals surface area contributed by atoms with E-state index >= 15 is 0 Å². The maximum atomic E-state index is 10.9. The van der Waals surface area contributed by atoms with Gasteiger partial charge in [0.05, 0.1) is 7.11 Å². The summed E-state index contributed by atoms with van der Waals surface area (Å²) in [6, 6.07) is 5.40. The third-order valence-electron chi connectivity index (χ3n) is 2.57. The number of hydrogen-bond donors (Lipinski definition) is 2. The Balaban J connectivity index is 2.86. The molecule has 0 fully saturated rings. The highest BCUT2D eigenvalue weighted by atomic mass is 16.5. The van der Waals surface area contributed by atoms with Crippen LogP contribution in [-0.2, 0) is 0 Å². The van der Waals surface area contributed by atoms with Crippen molar-refractivity contribution in [3.63, 3.8) is 0 Å². The average Bonchev–Trinajstić information content (AvgIpc) is 2.28. The summed E-state index contributed by atoms with van der Waals surface area (Å²) in [6.45, 7) is 4.23. The maximum absolute atomic E-state index is 10.9. The second kappa shape index (κ2) is 6.13. The monoisotopic (exact) mass is 237 g/mol. The van der Waals surface area contributed by atoms with Crippen LogP contribution in [0.2, 0.25) is 0 Å². The summed E-state index contributed by atoms with van der Waals surface area (Å²) in [4.78, 5) is 10.9. The molecule has 0 heterocycles. The Labute approximate surface area is 102 Å². The zero-order valence-electron chi connectivity index (χ0n) is 10.5. The summed E-state index contributed by atoms with van der Waals surface area (Å²) < 4.78 is 5.07. The standard InChI is InChI=1S/C13H19NO3/c1-4-5-9(2)14-10-6-7-11(13(15)16)12(8-10)17-3/h6-9,14H,4-5H2,1-3H3,(H,15,16). The Morgan fingerprint density at radius 3 is 2.76 bits per heavy atom. The third-order valence-corrected chi connectivity index (χ3v) is 2.57. The van der Waals surface area contributed by atoms with Crippen molar-refractivity contribution in [2.24, 2.45) is 0 Å². The van der Waals surface area contributed by atoms with E-state index in [9.17, 15) is 4.79 Å². The largest absolute Gasteiger partial charge is 0.496 e. The number of methoxy groups -OCH3 is 1. The van der Waals surface area contributed by atoms with E-state index in [1.165, 1.54) is 7.11 Å². The minimum atomic E-state index is -0.977. The van der Waals surface area contributed by atoms with E-state index in [1.54, 1.807) is 18.2 Å². The maximum Gasteiger partial charge on any atom is 0.339 e. The van der Waals surface area contributed by atoms with Crippen LogP contribution in [0.25, 0.3) is 0 Å². The number of carboxylic acids is 1. The van der Waals surface area contributed by atoms with Crippen molar-refractivity contribution in [1.82, 2.24) is 0 Å². The minimum absolute atomic E-state index is 0.182. The average molecular weight is 237 g/mol. The number of aromatic carboxylic acids is 1. The topological polar surface area (TPSA) is 58.6 Å². The van der Waals surface area contributed by atoms with Crippen LogP contribution in [0.15, 0.2) is 18.2 Å². The number of rotatable bonds is 6. The Bertz CT molecular complexity index is 390. The molecule has 0 amide bonds. The molecule has 0 saturated heterocycles. The van der Waals surface area contributed by atoms with Gasteiger partial charge in [0.2, 0.25) is 0 Å². The highest BCUT2D eigenvalue weighted by Crippen LogP contribution is 2.24. The van der Waals surface area contributed by atoms with Gasteiger partial charge in [0, 0.05) is 17.8 Å². The molecule has 1 atom stereocenters. The zero-order chi connectivity index (χ0) is 12.8. The summed E-state index contributed by atoms with van der Waals surface area (Å²) in [5.41, 5.74) is 1.06. The lowest BCUT2D eigenvalue weighted by Crippen LogP contribution is -2.14. The second-order valence-electron chi connectivity index (χ2n) is 4.05. The van der Waals surface area contributed by atoms with E-state index in [2.05, 4.69) is 19.2 Å². The van der Waals surface area contributed by atoms with Crippen molar-refractivity contribution >= 4 is 11.7 Å². The third kappa shape index (κ3) is 3.66. The molecule has 94 valence electrons. The second-order valence-corrected chi connectivity index (χ2v) is 4.05. The van der Waals surface area contributed by atoms with Crippen molar-refractivity contribution in [1.29, 1.82) is 0 Å². The number of nitrogens with one attached hydrogen (secondary N) is 1. The number of carboxylic acid groups (broad SMARTS) is 1. The summed E-state index contributed by atoms with van der Waals surface area (Å²) in [5.74, 6) is -0.596. The van der Waals surface area contributed by atoms with Crippen LogP contribution in [0.1, 0.15) is 37.0 Å². The highest BCUT2D eigenvalue weighted by molar-refractivity contribution is 5.91. The van der Waals surface area contributed by atoms with Crippen molar-refractivity contribution in [2.45, 2.75) is 32.7 Å². The van der Waals surface area contributed by atoms with Gasteiger partial charge in [-0.15, -0.1) is 0 Å². The van der Waals surface area contributed by atoms with Crippen molar-refractivity contribution < 1.29 is 14.6 Å². The number of anilines is 1. The van der Waals surface area contributed by atoms with Crippen LogP contribution in [0, 0.1) is 0 Å². The van der Waals surface area contributed by atoms with E-state index < -0.39 is 5.97 Å². The molecule has 1 unspecified atom stereocenters. The van der Waals surface area contributed by atoms with E-state index in [4.69, 9.17) is 9.84 Å². The molecule has 0 aliphatic carbocycles. The fourth-order valence-corrected chi connectivity index (χ4v) is 1.75. The van der Waals surface area contributed by atoms with Gasteiger partial charge in [-0.2, -0.15) is 0 Å². The molecule has 2 N–H and O–H groups in total. The number of hydrogen-bond acceptors (Lipinski definition) is 3. The quantitative estimate of drug-likeness (QED) is 0.798. The summed E-state index contributed by atoms with van der Waals surface area (Å²) in [5, 5.41) is 12.3. The molecular formula is C13H19NO3. The lowest BCUT2D eigenvalue weighted by atomic mass is 10.1. The van der Waals surface area contributed by atoms with E-state index in [-0.39, 0.29) is 5.56 Å². The summed E-state index contributed by atoms with van der Waals surface area (Å²) >= 11 is 0. The minimum Gasteiger partial charge on any atom is -0.496 e. The first-order valence-electron chi connectivity index (χ1n) is 5.76. The summed E-state index contributed by atoms with van der Waals surface area (Å²) in [6.07, 6.45) is 2.18. The first-order valence-corrected chi connectivity index (χ1v) is 5.76. The van der Waals surface area contributed by atoms with E-state index in [0.717, 1.165) is 18.5 Å². The molecule has 0 radical (unpaired) electrons. The van der Waals surface area contributed by atoms with Crippen LogP contribution < -0.4 is 10.1 Å². The van der Waals surface area contributed by atoms with Gasteiger partial charge in [0.25, 0.3) is 0 Å². The van der Waals surface area contributed by atoms with Gasteiger partial charge in [-0.1, -0.05) is 13.3 Å². The van der Waals surface area contributed by atoms with Crippen LogP contribution in [0.5, 0.6) is 5.75 Å². The first kappa shape index (κ1) is 13.4. The molecule has 4 heteroatoms. The van der Waals surface area contributed by atoms with Crippen LogP contribution in [-0.4, -0.2) is 24.2 Å². The Hall–Kier alpha value is -1.71. The molecule has 0 aliphatic rings. The van der Waals surface area contributed by atoms with Crippen molar-refractivity contribution in [3.8, 4) is 5.75 Å². The first-order chi connectivity index (χ1) is 8.08. The Kier molecular flexibility index (Phi) is 4.82. The molecule has 0 aliphatic heterocycles. The smallest absolute Gasteiger partial charge is 0.339 e. The molecule has 0 spiro atoms. The lowest BCUT2D eigenvalue weighted by molar-refractivity contribution is 0.0693. The molecule has 1 aromatic rings. The molecule has 1 rings (SSSR count).